The van der Waals surface area contributed by atoms with Gasteiger partial charge in [-0.15, -0.1) is 0 Å². The molecular formula is C25H30N4O3S. The molecule has 1 aromatic heterocycles. The zero-order chi connectivity index (χ0) is 22.8. The largest absolute Gasteiger partial charge is 0.384 e. The van der Waals surface area contributed by atoms with E-state index in [1.165, 1.54) is 5.56 Å². The van der Waals surface area contributed by atoms with E-state index in [0.717, 1.165) is 60.7 Å². The lowest BCUT2D eigenvalue weighted by Crippen LogP contribution is -2.46. The van der Waals surface area contributed by atoms with Crippen molar-refractivity contribution in [2.24, 2.45) is 0 Å². The second kappa shape index (κ2) is 9.29. The van der Waals surface area contributed by atoms with Crippen LogP contribution in [0.5, 0.6) is 0 Å². The van der Waals surface area contributed by atoms with Crippen LogP contribution in [0, 0.1) is 6.92 Å². The summed E-state index contributed by atoms with van der Waals surface area (Å²) >= 11 is 0. The number of hydrogen-bond donors (Lipinski definition) is 2. The summed E-state index contributed by atoms with van der Waals surface area (Å²) in [5.74, 6) is 0.877. The van der Waals surface area contributed by atoms with Crippen molar-refractivity contribution in [1.29, 1.82) is 0 Å². The van der Waals surface area contributed by atoms with E-state index in [9.17, 15) is 8.42 Å². The van der Waals surface area contributed by atoms with E-state index in [1.807, 2.05) is 18.2 Å². The smallest absolute Gasteiger partial charge is 0.180 e. The highest BCUT2D eigenvalue weighted by Gasteiger charge is 2.26. The molecule has 0 unspecified atom stereocenters. The first-order valence-electron chi connectivity index (χ1n) is 11.5. The summed E-state index contributed by atoms with van der Waals surface area (Å²) in [6.45, 7) is 6.40. The van der Waals surface area contributed by atoms with E-state index in [1.54, 1.807) is 12.1 Å². The van der Waals surface area contributed by atoms with E-state index < -0.39 is 9.84 Å². The van der Waals surface area contributed by atoms with Gasteiger partial charge in [0.05, 0.1) is 35.4 Å². The Morgan fingerprint density at radius 1 is 1.12 bits per heavy atom. The maximum absolute atomic E-state index is 12.8. The third-order valence-corrected chi connectivity index (χ3v) is 8.10. The zero-order valence-corrected chi connectivity index (χ0v) is 19.7. The van der Waals surface area contributed by atoms with E-state index in [4.69, 9.17) is 9.72 Å². The minimum Gasteiger partial charge on any atom is -0.384 e. The van der Waals surface area contributed by atoms with Crippen molar-refractivity contribution in [3.05, 3.63) is 59.7 Å². The van der Waals surface area contributed by atoms with E-state index >= 15 is 0 Å². The Bertz CT molecular complexity index is 1260. The van der Waals surface area contributed by atoms with Gasteiger partial charge in [-0.05, 0) is 43.7 Å². The summed E-state index contributed by atoms with van der Waals surface area (Å²) in [6.07, 6.45) is 0.997. The Morgan fingerprint density at radius 2 is 1.97 bits per heavy atom. The number of aromatic nitrogens is 1. The Morgan fingerprint density at radius 3 is 2.79 bits per heavy atom. The molecule has 174 valence electrons. The van der Waals surface area contributed by atoms with Crippen LogP contribution in [0.3, 0.4) is 0 Å². The van der Waals surface area contributed by atoms with Crippen LogP contribution >= 0.6 is 0 Å². The average Bonchev–Trinajstić information content (AvgIpc) is 2.91. The Hall–Kier alpha value is -2.68. The molecule has 2 N–H and O–H groups in total. The number of sulfone groups is 1. The van der Waals surface area contributed by atoms with Crippen molar-refractivity contribution in [2.45, 2.75) is 30.8 Å². The van der Waals surface area contributed by atoms with Crippen molar-refractivity contribution < 1.29 is 13.2 Å². The van der Waals surface area contributed by atoms with Crippen molar-refractivity contribution in [3.8, 4) is 0 Å². The SMILES string of the molecule is Cc1ccc2nc(N3CCS(=O)(=O)c4ccccc4C3)cc(NCCCNC3COC3)c2c1. The number of ether oxygens (including phenoxy) is 1. The standard InChI is InChI=1S/C25H30N4O3S/c1-18-7-8-22-21(13-18)23(27-10-4-9-26-20-16-32-17-20)14-25(28-22)29-11-12-33(30,31)24-6-3-2-5-19(24)15-29/h2-3,5-8,13-14,20,26H,4,9-12,15-17H2,1H3,(H,27,28). The molecule has 0 bridgehead atoms. The molecule has 2 aliphatic rings. The highest BCUT2D eigenvalue weighted by Crippen LogP contribution is 2.31. The number of aryl methyl sites for hydroxylation is 1. The van der Waals surface area contributed by atoms with Crippen LogP contribution in [0.1, 0.15) is 17.5 Å². The normalized spacial score (nSPS) is 17.9. The van der Waals surface area contributed by atoms with Crippen LogP contribution in [0.25, 0.3) is 10.9 Å². The fourth-order valence-electron chi connectivity index (χ4n) is 4.36. The Balaban J connectivity index is 1.40. The molecule has 7 nitrogen and oxygen atoms in total. The first kappa shape index (κ1) is 22.1. The summed E-state index contributed by atoms with van der Waals surface area (Å²) in [4.78, 5) is 7.43. The summed E-state index contributed by atoms with van der Waals surface area (Å²) in [7, 11) is -3.30. The van der Waals surface area contributed by atoms with Crippen molar-refractivity contribution in [1.82, 2.24) is 10.3 Å². The number of nitrogens with zero attached hydrogens (tertiary/aromatic N) is 2. The minimum atomic E-state index is -3.30. The van der Waals surface area contributed by atoms with Gasteiger partial charge in [0.15, 0.2) is 9.84 Å². The van der Waals surface area contributed by atoms with Gasteiger partial charge < -0.3 is 20.3 Å². The van der Waals surface area contributed by atoms with E-state index in [2.05, 4.69) is 40.7 Å². The Labute approximate surface area is 195 Å². The predicted octanol–water partition coefficient (Wildman–Crippen LogP) is 3.13. The van der Waals surface area contributed by atoms with E-state index in [-0.39, 0.29) is 5.75 Å². The van der Waals surface area contributed by atoms with Crippen LogP contribution in [0.2, 0.25) is 0 Å². The highest BCUT2D eigenvalue weighted by molar-refractivity contribution is 7.91. The summed E-state index contributed by atoms with van der Waals surface area (Å²) in [5.41, 5.74) is 3.94. The molecule has 0 radical (unpaired) electrons. The third kappa shape index (κ3) is 4.83. The van der Waals surface area contributed by atoms with Gasteiger partial charge in [0.25, 0.3) is 0 Å². The molecule has 8 heteroatoms. The van der Waals surface area contributed by atoms with Gasteiger partial charge in [-0.25, -0.2) is 13.4 Å². The molecule has 0 spiro atoms. The molecule has 3 heterocycles. The van der Waals surface area contributed by atoms with Gasteiger partial charge in [0, 0.05) is 36.8 Å². The fourth-order valence-corrected chi connectivity index (χ4v) is 5.86. The van der Waals surface area contributed by atoms with Crippen LogP contribution < -0.4 is 15.5 Å². The second-order valence-electron chi connectivity index (χ2n) is 8.87. The molecule has 2 aromatic carbocycles. The van der Waals surface area contributed by atoms with Gasteiger partial charge in [0.1, 0.15) is 5.82 Å². The lowest BCUT2D eigenvalue weighted by Gasteiger charge is -2.27. The van der Waals surface area contributed by atoms with Crippen LogP contribution in [0.4, 0.5) is 11.5 Å². The van der Waals surface area contributed by atoms with Gasteiger partial charge in [-0.1, -0.05) is 29.8 Å². The van der Waals surface area contributed by atoms with E-state index in [0.29, 0.717) is 24.0 Å². The quantitative estimate of drug-likeness (QED) is 0.518. The third-order valence-electron chi connectivity index (χ3n) is 6.31. The number of hydrogen-bond acceptors (Lipinski definition) is 7. The summed E-state index contributed by atoms with van der Waals surface area (Å²) < 4.78 is 30.8. The molecule has 33 heavy (non-hydrogen) atoms. The second-order valence-corrected chi connectivity index (χ2v) is 10.9. The van der Waals surface area contributed by atoms with Crippen molar-refractivity contribution in [3.63, 3.8) is 0 Å². The number of fused-ring (bicyclic) bond motifs is 2. The topological polar surface area (TPSA) is 83.6 Å². The number of nitrogens with one attached hydrogen (secondary N) is 2. The zero-order valence-electron chi connectivity index (χ0n) is 18.9. The average molecular weight is 467 g/mol. The minimum absolute atomic E-state index is 0.0803. The van der Waals surface area contributed by atoms with Crippen LogP contribution in [-0.2, 0) is 21.1 Å². The van der Waals surface area contributed by atoms with Gasteiger partial charge in [0.2, 0.25) is 0 Å². The molecule has 2 aliphatic heterocycles. The van der Waals surface area contributed by atoms with Crippen molar-refractivity contribution in [2.75, 3.05) is 48.8 Å². The molecule has 0 atom stereocenters. The first-order chi connectivity index (χ1) is 16.0. The number of anilines is 2. The number of rotatable bonds is 7. The van der Waals surface area contributed by atoms with Gasteiger partial charge in [-0.2, -0.15) is 0 Å². The lowest BCUT2D eigenvalue weighted by atomic mass is 10.1. The van der Waals surface area contributed by atoms with Crippen molar-refractivity contribution >= 4 is 32.2 Å². The maximum atomic E-state index is 12.8. The molecule has 0 amide bonds. The number of pyridine rings is 1. The molecule has 1 fully saturated rings. The highest BCUT2D eigenvalue weighted by atomic mass is 32.2. The number of benzene rings is 2. The van der Waals surface area contributed by atoms with Gasteiger partial charge >= 0.3 is 0 Å². The Kier molecular flexibility index (Phi) is 6.23. The van der Waals surface area contributed by atoms with Crippen LogP contribution in [0.15, 0.2) is 53.4 Å². The monoisotopic (exact) mass is 466 g/mol. The molecular weight excluding hydrogens is 436 g/mol. The van der Waals surface area contributed by atoms with Gasteiger partial charge in [-0.3, -0.25) is 0 Å². The molecule has 3 aromatic rings. The van der Waals surface area contributed by atoms with Crippen LogP contribution in [-0.4, -0.2) is 58.0 Å². The summed E-state index contributed by atoms with van der Waals surface area (Å²) in [5, 5.41) is 8.18. The lowest BCUT2D eigenvalue weighted by molar-refractivity contribution is -0.00481. The maximum Gasteiger partial charge on any atom is 0.180 e. The predicted molar refractivity (Wildman–Crippen MR) is 132 cm³/mol. The molecule has 1 saturated heterocycles. The molecule has 5 rings (SSSR count). The summed E-state index contributed by atoms with van der Waals surface area (Å²) in [6, 6.07) is 16.1. The molecule has 0 saturated carbocycles. The first-order valence-corrected chi connectivity index (χ1v) is 13.2. The fraction of sp³-hybridized carbons (Fsp3) is 0.400. The molecule has 0 aliphatic carbocycles.